The van der Waals surface area contributed by atoms with Gasteiger partial charge in [-0.05, 0) is 31.2 Å². The zero-order valence-corrected chi connectivity index (χ0v) is 12.3. The molecule has 0 aromatic heterocycles. The SMILES string of the molecule is CCOC(=O)CCC(=O)NCC#Cc1ccc(C(N)=O)cc1. The molecule has 0 saturated carbocycles. The molecule has 6 nitrogen and oxygen atoms in total. The number of carbonyl (C=O) groups is 3. The molecule has 1 rings (SSSR count). The van der Waals surface area contributed by atoms with E-state index in [1.54, 1.807) is 31.2 Å². The Morgan fingerprint density at radius 2 is 1.86 bits per heavy atom. The van der Waals surface area contributed by atoms with Crippen molar-refractivity contribution in [3.8, 4) is 11.8 Å². The zero-order chi connectivity index (χ0) is 16.4. The number of nitrogens with one attached hydrogen (secondary N) is 1. The number of benzene rings is 1. The Morgan fingerprint density at radius 1 is 1.18 bits per heavy atom. The van der Waals surface area contributed by atoms with E-state index < -0.39 is 11.9 Å². The van der Waals surface area contributed by atoms with Gasteiger partial charge in [-0.2, -0.15) is 0 Å². The van der Waals surface area contributed by atoms with Gasteiger partial charge in [-0.15, -0.1) is 0 Å². The predicted molar refractivity (Wildman–Crippen MR) is 80.7 cm³/mol. The summed E-state index contributed by atoms with van der Waals surface area (Å²) < 4.78 is 4.72. The lowest BCUT2D eigenvalue weighted by atomic mass is 10.1. The van der Waals surface area contributed by atoms with E-state index in [0.29, 0.717) is 17.7 Å². The maximum Gasteiger partial charge on any atom is 0.306 e. The van der Waals surface area contributed by atoms with Gasteiger partial charge < -0.3 is 15.8 Å². The van der Waals surface area contributed by atoms with Crippen LogP contribution in [-0.4, -0.2) is 30.9 Å². The van der Waals surface area contributed by atoms with Gasteiger partial charge in [0, 0.05) is 17.5 Å². The Hall–Kier alpha value is -2.81. The average Bonchev–Trinajstić information content (AvgIpc) is 2.50. The van der Waals surface area contributed by atoms with Crippen LogP contribution in [0, 0.1) is 11.8 Å². The first kappa shape index (κ1) is 17.2. The number of ether oxygens (including phenoxy) is 1. The second kappa shape index (κ2) is 9.19. The van der Waals surface area contributed by atoms with E-state index in [0.717, 1.165) is 0 Å². The molecule has 0 bridgehead atoms. The van der Waals surface area contributed by atoms with Crippen LogP contribution in [0.1, 0.15) is 35.7 Å². The van der Waals surface area contributed by atoms with Crippen LogP contribution in [0.2, 0.25) is 0 Å². The molecule has 0 aliphatic rings. The van der Waals surface area contributed by atoms with Crippen LogP contribution in [0.5, 0.6) is 0 Å². The summed E-state index contributed by atoms with van der Waals surface area (Å²) in [5.74, 6) is 4.48. The molecule has 0 radical (unpaired) electrons. The van der Waals surface area contributed by atoms with Gasteiger partial charge in [0.2, 0.25) is 11.8 Å². The molecule has 0 unspecified atom stereocenters. The van der Waals surface area contributed by atoms with Crippen molar-refractivity contribution in [2.45, 2.75) is 19.8 Å². The topological polar surface area (TPSA) is 98.5 Å². The van der Waals surface area contributed by atoms with Crippen LogP contribution in [0.3, 0.4) is 0 Å². The predicted octanol–water partition coefficient (Wildman–Crippen LogP) is 0.596. The Morgan fingerprint density at radius 3 is 2.45 bits per heavy atom. The number of esters is 1. The minimum absolute atomic E-state index is 0.0572. The van der Waals surface area contributed by atoms with Crippen molar-refractivity contribution in [1.82, 2.24) is 5.32 Å². The van der Waals surface area contributed by atoms with Crippen molar-refractivity contribution in [2.24, 2.45) is 5.73 Å². The molecule has 0 aliphatic heterocycles. The number of nitrogens with two attached hydrogens (primary N) is 1. The van der Waals surface area contributed by atoms with Gasteiger partial charge in [0.1, 0.15) is 0 Å². The maximum absolute atomic E-state index is 11.4. The highest BCUT2D eigenvalue weighted by Gasteiger charge is 2.06. The maximum atomic E-state index is 11.4. The van der Waals surface area contributed by atoms with Crippen molar-refractivity contribution in [2.75, 3.05) is 13.2 Å². The van der Waals surface area contributed by atoms with E-state index in [2.05, 4.69) is 17.2 Å². The zero-order valence-electron chi connectivity index (χ0n) is 12.3. The molecule has 0 heterocycles. The van der Waals surface area contributed by atoms with Crippen molar-refractivity contribution < 1.29 is 19.1 Å². The Kier molecular flexibility index (Phi) is 7.20. The second-order valence-electron chi connectivity index (χ2n) is 4.33. The first-order valence-corrected chi connectivity index (χ1v) is 6.84. The van der Waals surface area contributed by atoms with E-state index in [4.69, 9.17) is 10.5 Å². The Labute approximate surface area is 129 Å². The first-order chi connectivity index (χ1) is 10.5. The first-order valence-electron chi connectivity index (χ1n) is 6.84. The summed E-state index contributed by atoms with van der Waals surface area (Å²) in [6.07, 6.45) is 0.134. The lowest BCUT2D eigenvalue weighted by molar-refractivity contribution is -0.144. The average molecular weight is 302 g/mol. The summed E-state index contributed by atoms with van der Waals surface area (Å²) in [6, 6.07) is 6.53. The van der Waals surface area contributed by atoms with Crippen LogP contribution in [-0.2, 0) is 14.3 Å². The van der Waals surface area contributed by atoms with Crippen LogP contribution in [0.25, 0.3) is 0 Å². The number of amides is 2. The number of rotatable bonds is 6. The number of primary amides is 1. The monoisotopic (exact) mass is 302 g/mol. The van der Waals surface area contributed by atoms with Crippen LogP contribution >= 0.6 is 0 Å². The molecule has 1 aromatic carbocycles. The van der Waals surface area contributed by atoms with Crippen molar-refractivity contribution in [3.63, 3.8) is 0 Å². The highest BCUT2D eigenvalue weighted by atomic mass is 16.5. The molecule has 3 N–H and O–H groups in total. The molecule has 0 saturated heterocycles. The summed E-state index contributed by atoms with van der Waals surface area (Å²) >= 11 is 0. The number of hydrogen-bond acceptors (Lipinski definition) is 4. The molecule has 0 aliphatic carbocycles. The fourth-order valence-corrected chi connectivity index (χ4v) is 1.54. The van der Waals surface area contributed by atoms with Gasteiger partial charge in [0.15, 0.2) is 0 Å². The largest absolute Gasteiger partial charge is 0.466 e. The molecular weight excluding hydrogens is 284 g/mol. The number of carbonyl (C=O) groups excluding carboxylic acids is 3. The molecule has 0 spiro atoms. The van der Waals surface area contributed by atoms with E-state index in [1.807, 2.05) is 0 Å². The quantitative estimate of drug-likeness (QED) is 0.593. The van der Waals surface area contributed by atoms with Gasteiger partial charge in [-0.1, -0.05) is 11.8 Å². The fraction of sp³-hybridized carbons (Fsp3) is 0.312. The molecule has 116 valence electrons. The van der Waals surface area contributed by atoms with Crippen molar-refractivity contribution >= 4 is 17.8 Å². The Bertz CT molecular complexity index is 597. The molecule has 2 amide bonds. The lowest BCUT2D eigenvalue weighted by Crippen LogP contribution is -2.24. The second-order valence-corrected chi connectivity index (χ2v) is 4.33. The van der Waals surface area contributed by atoms with Gasteiger partial charge in [0.25, 0.3) is 0 Å². The third-order valence-corrected chi connectivity index (χ3v) is 2.64. The third kappa shape index (κ3) is 6.57. The summed E-state index contributed by atoms with van der Waals surface area (Å²) in [5.41, 5.74) is 6.26. The molecule has 1 aromatic rings. The molecule has 0 fully saturated rings. The van der Waals surface area contributed by atoms with Gasteiger partial charge in [-0.3, -0.25) is 14.4 Å². The number of hydrogen-bond donors (Lipinski definition) is 2. The highest BCUT2D eigenvalue weighted by Crippen LogP contribution is 2.02. The highest BCUT2D eigenvalue weighted by molar-refractivity contribution is 5.92. The van der Waals surface area contributed by atoms with E-state index in [1.165, 1.54) is 0 Å². The molecule has 0 atom stereocenters. The minimum Gasteiger partial charge on any atom is -0.466 e. The normalized spacial score (nSPS) is 9.32. The van der Waals surface area contributed by atoms with Gasteiger partial charge >= 0.3 is 5.97 Å². The van der Waals surface area contributed by atoms with E-state index in [-0.39, 0.29) is 25.3 Å². The summed E-state index contributed by atoms with van der Waals surface area (Å²) in [7, 11) is 0. The summed E-state index contributed by atoms with van der Waals surface area (Å²) in [5, 5.41) is 2.59. The lowest BCUT2D eigenvalue weighted by Gasteiger charge is -2.01. The smallest absolute Gasteiger partial charge is 0.306 e. The van der Waals surface area contributed by atoms with E-state index in [9.17, 15) is 14.4 Å². The van der Waals surface area contributed by atoms with Crippen LogP contribution in [0.4, 0.5) is 0 Å². The fourth-order valence-electron chi connectivity index (χ4n) is 1.54. The van der Waals surface area contributed by atoms with Crippen LogP contribution < -0.4 is 11.1 Å². The van der Waals surface area contributed by atoms with Crippen LogP contribution in [0.15, 0.2) is 24.3 Å². The summed E-state index contributed by atoms with van der Waals surface area (Å²) in [6.45, 7) is 2.20. The van der Waals surface area contributed by atoms with Gasteiger partial charge in [0.05, 0.1) is 19.6 Å². The Balaban J connectivity index is 2.33. The minimum atomic E-state index is -0.492. The third-order valence-electron chi connectivity index (χ3n) is 2.64. The molecule has 6 heteroatoms. The standard InChI is InChI=1S/C16H18N2O4/c1-2-22-15(20)10-9-14(19)18-11-3-4-12-5-7-13(8-6-12)16(17)21/h5-8H,2,9-11H2,1H3,(H2,17,21)(H,18,19). The molecule has 22 heavy (non-hydrogen) atoms. The van der Waals surface area contributed by atoms with Crippen molar-refractivity contribution in [3.05, 3.63) is 35.4 Å². The molecular formula is C16H18N2O4. The van der Waals surface area contributed by atoms with E-state index >= 15 is 0 Å². The van der Waals surface area contributed by atoms with Crippen molar-refractivity contribution in [1.29, 1.82) is 0 Å². The summed E-state index contributed by atoms with van der Waals surface area (Å²) in [4.78, 5) is 33.4. The van der Waals surface area contributed by atoms with Gasteiger partial charge in [-0.25, -0.2) is 0 Å².